The summed E-state index contributed by atoms with van der Waals surface area (Å²) in [7, 11) is 0. The average Bonchev–Trinajstić information content (AvgIpc) is 2.34. The molecule has 22 heavy (non-hydrogen) atoms. The van der Waals surface area contributed by atoms with Crippen LogP contribution in [0.3, 0.4) is 0 Å². The third-order valence-electron chi connectivity index (χ3n) is 5.12. The Morgan fingerprint density at radius 2 is 1.55 bits per heavy atom. The number of carboxylic acids is 4. The molecule has 0 spiro atoms. The van der Waals surface area contributed by atoms with Gasteiger partial charge in [-0.05, 0) is 18.3 Å². The van der Waals surface area contributed by atoms with Gasteiger partial charge in [0.2, 0.25) is 5.67 Å². The Hall–Kier alpha value is -2.19. The Bertz CT molecular complexity index is 542. The van der Waals surface area contributed by atoms with E-state index in [0.717, 1.165) is 0 Å². The second kappa shape index (κ2) is 4.92. The zero-order valence-corrected chi connectivity index (χ0v) is 11.5. The van der Waals surface area contributed by atoms with Gasteiger partial charge < -0.3 is 20.4 Å². The molecular weight excluding hydrogens is 303 g/mol. The van der Waals surface area contributed by atoms with Gasteiger partial charge in [0.1, 0.15) is 5.92 Å². The van der Waals surface area contributed by atoms with Gasteiger partial charge in [0.05, 0.1) is 11.8 Å². The van der Waals surface area contributed by atoms with Crippen LogP contribution in [0.2, 0.25) is 0 Å². The van der Waals surface area contributed by atoms with Crippen molar-refractivity contribution < 1.29 is 44.0 Å². The molecule has 0 aliphatic heterocycles. The molecule has 0 aromatic rings. The van der Waals surface area contributed by atoms with Crippen LogP contribution in [0.1, 0.15) is 13.3 Å². The normalized spacial score (nSPS) is 43.5. The maximum absolute atomic E-state index is 14.8. The van der Waals surface area contributed by atoms with Gasteiger partial charge in [0.15, 0.2) is 0 Å². The number of carboxylic acid groups (broad SMARTS) is 4. The van der Waals surface area contributed by atoms with Crippen LogP contribution in [0.4, 0.5) is 4.39 Å². The third kappa shape index (κ3) is 1.87. The van der Waals surface area contributed by atoms with E-state index in [-0.39, 0.29) is 6.42 Å². The van der Waals surface area contributed by atoms with Crippen LogP contribution in [0.15, 0.2) is 0 Å². The fourth-order valence-corrected chi connectivity index (χ4v) is 4.29. The van der Waals surface area contributed by atoms with E-state index >= 15 is 0 Å². The summed E-state index contributed by atoms with van der Waals surface area (Å²) < 4.78 is 14.8. The van der Waals surface area contributed by atoms with E-state index in [4.69, 9.17) is 15.3 Å². The Kier molecular flexibility index (Phi) is 3.62. The molecular formula is C13H15FO8. The average molecular weight is 318 g/mol. The molecule has 4 N–H and O–H groups in total. The number of hydrogen-bond acceptors (Lipinski definition) is 4. The van der Waals surface area contributed by atoms with Crippen molar-refractivity contribution in [2.45, 2.75) is 19.0 Å². The van der Waals surface area contributed by atoms with Crippen molar-refractivity contribution in [3.63, 3.8) is 0 Å². The van der Waals surface area contributed by atoms with Gasteiger partial charge in [-0.25, -0.2) is 9.18 Å². The van der Waals surface area contributed by atoms with Gasteiger partial charge in [0, 0.05) is 5.92 Å². The molecule has 122 valence electrons. The van der Waals surface area contributed by atoms with Gasteiger partial charge in [-0.3, -0.25) is 14.4 Å². The minimum Gasteiger partial charge on any atom is -0.481 e. The molecule has 7 atom stereocenters. The Labute approximate surface area is 123 Å². The molecule has 0 heterocycles. The van der Waals surface area contributed by atoms with E-state index in [1.165, 1.54) is 6.92 Å². The number of carbonyl (C=O) groups is 4. The number of fused-ring (bicyclic) bond motifs is 1. The first-order chi connectivity index (χ1) is 10.0. The molecule has 2 rings (SSSR count). The fraction of sp³-hybridized carbons (Fsp3) is 0.692. The maximum Gasteiger partial charge on any atom is 0.342 e. The van der Waals surface area contributed by atoms with Crippen molar-refractivity contribution in [3.05, 3.63) is 0 Å². The molecule has 2 aliphatic rings. The largest absolute Gasteiger partial charge is 0.481 e. The summed E-state index contributed by atoms with van der Waals surface area (Å²) in [6, 6.07) is 0. The summed E-state index contributed by atoms with van der Waals surface area (Å²) in [5, 5.41) is 36.5. The molecule has 0 aromatic heterocycles. The third-order valence-corrected chi connectivity index (χ3v) is 5.12. The van der Waals surface area contributed by atoms with Crippen molar-refractivity contribution in [2.75, 3.05) is 0 Å². The van der Waals surface area contributed by atoms with E-state index in [2.05, 4.69) is 0 Å². The van der Waals surface area contributed by atoms with Crippen LogP contribution in [0.5, 0.6) is 0 Å². The lowest BCUT2D eigenvalue weighted by atomic mass is 9.43. The summed E-state index contributed by atoms with van der Waals surface area (Å²) in [4.78, 5) is 44.9. The lowest BCUT2D eigenvalue weighted by molar-refractivity contribution is -0.230. The van der Waals surface area contributed by atoms with Crippen molar-refractivity contribution in [2.24, 2.45) is 35.5 Å². The van der Waals surface area contributed by atoms with E-state index in [1.54, 1.807) is 0 Å². The first-order valence-corrected chi connectivity index (χ1v) is 6.65. The minimum atomic E-state index is -3.08. The smallest absolute Gasteiger partial charge is 0.342 e. The first-order valence-electron chi connectivity index (χ1n) is 6.65. The molecule has 2 fully saturated rings. The van der Waals surface area contributed by atoms with Gasteiger partial charge in [-0.2, -0.15) is 0 Å². The summed E-state index contributed by atoms with van der Waals surface area (Å²) >= 11 is 0. The van der Waals surface area contributed by atoms with Crippen molar-refractivity contribution >= 4 is 23.9 Å². The summed E-state index contributed by atoms with van der Waals surface area (Å²) in [6.45, 7) is 1.26. The van der Waals surface area contributed by atoms with Gasteiger partial charge in [-0.15, -0.1) is 0 Å². The van der Waals surface area contributed by atoms with Crippen LogP contribution in [-0.2, 0) is 19.2 Å². The summed E-state index contributed by atoms with van der Waals surface area (Å²) in [6.07, 6.45) is -0.364. The number of alkyl halides is 1. The summed E-state index contributed by atoms with van der Waals surface area (Å²) in [5.74, 6) is -14.6. The van der Waals surface area contributed by atoms with E-state index in [9.17, 15) is 28.7 Å². The van der Waals surface area contributed by atoms with Crippen molar-refractivity contribution in [1.82, 2.24) is 0 Å². The highest BCUT2D eigenvalue weighted by molar-refractivity contribution is 5.90. The second-order valence-electron chi connectivity index (χ2n) is 5.98. The van der Waals surface area contributed by atoms with Crippen molar-refractivity contribution in [1.29, 1.82) is 0 Å². The molecule has 0 saturated heterocycles. The highest BCUT2D eigenvalue weighted by atomic mass is 19.1. The number of hydrogen-bond donors (Lipinski definition) is 4. The molecule has 7 unspecified atom stereocenters. The Morgan fingerprint density at radius 1 is 1.00 bits per heavy atom. The van der Waals surface area contributed by atoms with Crippen LogP contribution >= 0.6 is 0 Å². The number of rotatable bonds is 4. The van der Waals surface area contributed by atoms with E-state index in [1.807, 2.05) is 0 Å². The first kappa shape index (κ1) is 16.2. The number of aliphatic carboxylic acids is 4. The fourth-order valence-electron chi connectivity index (χ4n) is 4.29. The van der Waals surface area contributed by atoms with Gasteiger partial charge in [-0.1, -0.05) is 6.92 Å². The molecule has 9 heteroatoms. The SMILES string of the molecule is CC1C(C(=O)O)C(C(=O)O)CC2C(C(=O)O)C(F)(C(=O)O)C12. The van der Waals surface area contributed by atoms with Gasteiger partial charge in [0.25, 0.3) is 0 Å². The van der Waals surface area contributed by atoms with Crippen LogP contribution < -0.4 is 0 Å². The molecule has 0 radical (unpaired) electrons. The summed E-state index contributed by atoms with van der Waals surface area (Å²) in [5.41, 5.74) is -3.08. The lowest BCUT2D eigenvalue weighted by Crippen LogP contribution is -2.71. The minimum absolute atomic E-state index is 0.364. The Morgan fingerprint density at radius 3 is 1.91 bits per heavy atom. The highest BCUT2D eigenvalue weighted by Crippen LogP contribution is 2.62. The quantitative estimate of drug-likeness (QED) is 0.573. The van der Waals surface area contributed by atoms with Crippen LogP contribution in [0.25, 0.3) is 0 Å². The van der Waals surface area contributed by atoms with Crippen LogP contribution in [0, 0.1) is 35.5 Å². The predicted molar refractivity (Wildman–Crippen MR) is 65.6 cm³/mol. The molecule has 0 bridgehead atoms. The molecule has 2 aliphatic carbocycles. The zero-order chi connectivity index (χ0) is 17.0. The Balaban J connectivity index is 2.47. The van der Waals surface area contributed by atoms with Crippen molar-refractivity contribution in [3.8, 4) is 0 Å². The molecule has 8 nitrogen and oxygen atoms in total. The standard InChI is InChI=1S/C13H15FO8/c1-3-6(10(17)18)4(9(15)16)2-5-7(3)13(14,12(21)22)8(5)11(19)20/h3-8H,2H2,1H3,(H,15,16)(H,17,18)(H,19,20)(H,21,22). The zero-order valence-electron chi connectivity index (χ0n) is 11.5. The van der Waals surface area contributed by atoms with Gasteiger partial charge >= 0.3 is 23.9 Å². The van der Waals surface area contributed by atoms with Crippen LogP contribution in [-0.4, -0.2) is 50.0 Å². The second-order valence-corrected chi connectivity index (χ2v) is 5.98. The predicted octanol–water partition coefficient (Wildman–Crippen LogP) is 0.168. The number of halogens is 1. The lowest BCUT2D eigenvalue weighted by Gasteiger charge is -2.59. The monoisotopic (exact) mass is 318 g/mol. The maximum atomic E-state index is 14.8. The molecule has 0 amide bonds. The topological polar surface area (TPSA) is 149 Å². The molecule has 2 saturated carbocycles. The molecule has 0 aromatic carbocycles. The highest BCUT2D eigenvalue weighted by Gasteiger charge is 2.75. The van der Waals surface area contributed by atoms with E-state index < -0.39 is 65.1 Å². The van der Waals surface area contributed by atoms with E-state index in [0.29, 0.717) is 0 Å².